The van der Waals surface area contributed by atoms with E-state index < -0.39 is 0 Å². The van der Waals surface area contributed by atoms with Crippen molar-refractivity contribution in [3.8, 4) is 0 Å². The summed E-state index contributed by atoms with van der Waals surface area (Å²) in [6.07, 6.45) is 19.7. The number of hydrogen-bond donors (Lipinski definition) is 0. The lowest BCUT2D eigenvalue weighted by atomic mass is 10.0. The molecule has 82 valence electrons. The van der Waals surface area contributed by atoms with Gasteiger partial charge in [0.1, 0.15) is 0 Å². The molecule has 1 aliphatic carbocycles. The summed E-state index contributed by atoms with van der Waals surface area (Å²) in [5, 5.41) is 0. The van der Waals surface area contributed by atoms with Crippen LogP contribution in [0.1, 0.15) is 46.0 Å². The lowest BCUT2D eigenvalue weighted by Crippen LogP contribution is -1.82. The average Bonchev–Trinajstić information content (AvgIpc) is 2.22. The molecule has 0 saturated heterocycles. The van der Waals surface area contributed by atoms with E-state index in [1.54, 1.807) is 0 Å². The first-order chi connectivity index (χ1) is 7.33. The Bertz CT molecular complexity index is 287. The second-order valence-corrected chi connectivity index (χ2v) is 4.18. The van der Waals surface area contributed by atoms with E-state index in [1.807, 2.05) is 0 Å². The number of rotatable bonds is 5. The number of unbranched alkanes of at least 4 members (excludes halogenated alkanes) is 3. The van der Waals surface area contributed by atoms with Crippen LogP contribution in [0.2, 0.25) is 0 Å². The Morgan fingerprint density at radius 3 is 2.53 bits per heavy atom. The predicted octanol–water partition coefficient (Wildman–Crippen LogP) is 4.96. The zero-order valence-corrected chi connectivity index (χ0v) is 10.00. The highest BCUT2D eigenvalue weighted by Crippen LogP contribution is 2.14. The van der Waals surface area contributed by atoms with Gasteiger partial charge in [-0.3, -0.25) is 0 Å². The molecule has 0 N–H and O–H groups in total. The molecule has 0 fully saturated rings. The lowest BCUT2D eigenvalue weighted by molar-refractivity contribution is 0.668. The molecule has 0 aromatic carbocycles. The molecular weight excluding hydrogens is 180 g/mol. The Morgan fingerprint density at radius 2 is 1.73 bits per heavy atom. The minimum atomic E-state index is 1.22. The summed E-state index contributed by atoms with van der Waals surface area (Å²) in [4.78, 5) is 0. The SMILES string of the molecule is CCCCCCC1=CC=C(C)C=CC=C1. The maximum atomic E-state index is 2.26. The van der Waals surface area contributed by atoms with Crippen LogP contribution in [0, 0.1) is 0 Å². The maximum absolute atomic E-state index is 2.26. The normalized spacial score (nSPS) is 15.6. The van der Waals surface area contributed by atoms with E-state index in [1.165, 1.54) is 43.3 Å². The minimum Gasteiger partial charge on any atom is -0.0654 e. The summed E-state index contributed by atoms with van der Waals surface area (Å²) in [5.41, 5.74) is 2.78. The molecule has 0 amide bonds. The quantitative estimate of drug-likeness (QED) is 0.553. The molecule has 0 saturated carbocycles. The van der Waals surface area contributed by atoms with Crippen LogP contribution in [-0.2, 0) is 0 Å². The van der Waals surface area contributed by atoms with Gasteiger partial charge in [0, 0.05) is 0 Å². The van der Waals surface area contributed by atoms with Gasteiger partial charge in [-0.05, 0) is 25.3 Å². The van der Waals surface area contributed by atoms with Crippen LogP contribution >= 0.6 is 0 Å². The zero-order valence-electron chi connectivity index (χ0n) is 10.00. The first-order valence-corrected chi connectivity index (χ1v) is 6.05. The van der Waals surface area contributed by atoms with Gasteiger partial charge in [-0.15, -0.1) is 0 Å². The van der Waals surface area contributed by atoms with Crippen LogP contribution in [0.3, 0.4) is 0 Å². The highest BCUT2D eigenvalue weighted by Gasteiger charge is 1.94. The lowest BCUT2D eigenvalue weighted by Gasteiger charge is -2.02. The van der Waals surface area contributed by atoms with Crippen LogP contribution in [0.15, 0.2) is 47.6 Å². The van der Waals surface area contributed by atoms with Gasteiger partial charge in [-0.2, -0.15) is 0 Å². The fourth-order valence-corrected chi connectivity index (χ4v) is 1.66. The van der Waals surface area contributed by atoms with Crippen LogP contribution in [0.4, 0.5) is 0 Å². The van der Waals surface area contributed by atoms with E-state index in [-0.39, 0.29) is 0 Å². The molecule has 0 bridgehead atoms. The molecule has 1 aliphatic rings. The van der Waals surface area contributed by atoms with Crippen LogP contribution < -0.4 is 0 Å². The summed E-state index contributed by atoms with van der Waals surface area (Å²) in [7, 11) is 0. The fourth-order valence-electron chi connectivity index (χ4n) is 1.66. The van der Waals surface area contributed by atoms with Crippen molar-refractivity contribution in [2.45, 2.75) is 46.0 Å². The Kier molecular flexibility index (Phi) is 5.84. The molecule has 0 aromatic rings. The summed E-state index contributed by atoms with van der Waals surface area (Å²) in [6, 6.07) is 0. The molecule has 1 rings (SSSR count). The first kappa shape index (κ1) is 12.0. The molecule has 0 heterocycles. The second kappa shape index (κ2) is 7.28. The van der Waals surface area contributed by atoms with Crippen molar-refractivity contribution in [1.29, 1.82) is 0 Å². The Morgan fingerprint density at radius 1 is 0.933 bits per heavy atom. The van der Waals surface area contributed by atoms with Gasteiger partial charge in [0.2, 0.25) is 0 Å². The predicted molar refractivity (Wildman–Crippen MR) is 68.9 cm³/mol. The second-order valence-electron chi connectivity index (χ2n) is 4.18. The van der Waals surface area contributed by atoms with E-state index in [2.05, 4.69) is 50.3 Å². The first-order valence-electron chi connectivity index (χ1n) is 6.05. The molecule has 15 heavy (non-hydrogen) atoms. The molecular formula is C15H22. The number of allylic oxidation sites excluding steroid dienone is 8. The largest absolute Gasteiger partial charge is 0.0654 e. The van der Waals surface area contributed by atoms with Crippen molar-refractivity contribution < 1.29 is 0 Å². The van der Waals surface area contributed by atoms with E-state index >= 15 is 0 Å². The molecule has 0 aromatic heterocycles. The molecule has 0 nitrogen and oxygen atoms in total. The van der Waals surface area contributed by atoms with E-state index in [9.17, 15) is 0 Å². The van der Waals surface area contributed by atoms with Gasteiger partial charge >= 0.3 is 0 Å². The molecule has 0 radical (unpaired) electrons. The third kappa shape index (κ3) is 5.41. The van der Waals surface area contributed by atoms with Crippen LogP contribution in [-0.4, -0.2) is 0 Å². The van der Waals surface area contributed by atoms with E-state index in [0.29, 0.717) is 0 Å². The van der Waals surface area contributed by atoms with Crippen molar-refractivity contribution in [3.63, 3.8) is 0 Å². The van der Waals surface area contributed by atoms with Gasteiger partial charge < -0.3 is 0 Å². The highest BCUT2D eigenvalue weighted by molar-refractivity contribution is 5.34. The highest BCUT2D eigenvalue weighted by atomic mass is 14.0. The summed E-state index contributed by atoms with van der Waals surface area (Å²) < 4.78 is 0. The third-order valence-corrected chi connectivity index (χ3v) is 2.66. The van der Waals surface area contributed by atoms with Crippen LogP contribution in [0.5, 0.6) is 0 Å². The van der Waals surface area contributed by atoms with Crippen LogP contribution in [0.25, 0.3) is 0 Å². The van der Waals surface area contributed by atoms with Gasteiger partial charge in [0.15, 0.2) is 0 Å². The van der Waals surface area contributed by atoms with E-state index in [4.69, 9.17) is 0 Å². The van der Waals surface area contributed by atoms with Gasteiger partial charge in [-0.1, -0.05) is 68.2 Å². The Hall–Kier alpha value is -1.04. The third-order valence-electron chi connectivity index (χ3n) is 2.66. The van der Waals surface area contributed by atoms with Gasteiger partial charge in [0.25, 0.3) is 0 Å². The standard InChI is InChI=1S/C15H22/c1-3-4-5-6-10-15-11-8-7-9-14(2)12-13-15/h7-9,11-13H,3-6,10H2,1-2H3. The monoisotopic (exact) mass is 202 g/mol. The smallest absolute Gasteiger partial charge is 0.0279 e. The maximum Gasteiger partial charge on any atom is -0.0279 e. The molecule has 0 unspecified atom stereocenters. The summed E-state index contributed by atoms with van der Waals surface area (Å²) in [5.74, 6) is 0. The Labute approximate surface area is 94.1 Å². The molecule has 0 aliphatic heterocycles. The fraction of sp³-hybridized carbons (Fsp3) is 0.467. The van der Waals surface area contributed by atoms with Crippen molar-refractivity contribution in [2.24, 2.45) is 0 Å². The van der Waals surface area contributed by atoms with Crippen molar-refractivity contribution in [1.82, 2.24) is 0 Å². The number of hydrogen-bond acceptors (Lipinski definition) is 0. The topological polar surface area (TPSA) is 0 Å². The Balaban J connectivity index is 2.40. The van der Waals surface area contributed by atoms with Gasteiger partial charge in [0.05, 0.1) is 0 Å². The summed E-state index contributed by atoms with van der Waals surface area (Å²) >= 11 is 0. The summed E-state index contributed by atoms with van der Waals surface area (Å²) in [6.45, 7) is 4.40. The van der Waals surface area contributed by atoms with Crippen molar-refractivity contribution in [2.75, 3.05) is 0 Å². The molecule has 0 heteroatoms. The molecule has 0 spiro atoms. The average molecular weight is 202 g/mol. The van der Waals surface area contributed by atoms with Crippen molar-refractivity contribution in [3.05, 3.63) is 47.6 Å². The zero-order chi connectivity index (χ0) is 10.9. The van der Waals surface area contributed by atoms with E-state index in [0.717, 1.165) is 0 Å². The minimum absolute atomic E-state index is 1.22. The van der Waals surface area contributed by atoms with Gasteiger partial charge in [-0.25, -0.2) is 0 Å². The molecule has 0 atom stereocenters. The van der Waals surface area contributed by atoms with Crippen molar-refractivity contribution >= 4 is 0 Å².